The van der Waals surface area contributed by atoms with E-state index in [4.69, 9.17) is 19.2 Å². The molecule has 0 saturated carbocycles. The molecule has 0 atom stereocenters. The van der Waals surface area contributed by atoms with Gasteiger partial charge in [-0.2, -0.15) is 0 Å². The highest BCUT2D eigenvalue weighted by Gasteiger charge is 2.24. The Morgan fingerprint density at radius 2 is 1.39 bits per heavy atom. The Morgan fingerprint density at radius 3 is 1.96 bits per heavy atom. The molecule has 0 aromatic heterocycles. The largest absolute Gasteiger partial charge is 0.507 e. The second-order valence-corrected chi connectivity index (χ2v) is 6.53. The fourth-order valence-corrected chi connectivity index (χ4v) is 2.50. The molecule has 9 nitrogen and oxygen atoms in total. The maximum absolute atomic E-state index is 12.6. The quantitative estimate of drug-likeness (QED) is 0.362. The number of fused-ring (bicyclic) bond motifs is 1. The van der Waals surface area contributed by atoms with Gasteiger partial charge >= 0.3 is 13.8 Å². The lowest BCUT2D eigenvalue weighted by molar-refractivity contribution is 0.0689. The van der Waals surface area contributed by atoms with Crippen molar-refractivity contribution >= 4 is 36.2 Å². The molecule has 10 heteroatoms. The van der Waals surface area contributed by atoms with E-state index in [0.717, 1.165) is 0 Å². The number of carboxylic acids is 1. The maximum Gasteiger partial charge on any atom is 0.466 e. The van der Waals surface area contributed by atoms with E-state index < -0.39 is 31.0 Å². The van der Waals surface area contributed by atoms with Crippen molar-refractivity contribution in [3.63, 3.8) is 0 Å². The molecule has 0 heterocycles. The van der Waals surface area contributed by atoms with Gasteiger partial charge in [-0.15, -0.1) is 0 Å². The Hall–Kier alpha value is -3.23. The number of amides is 1. The third-order valence-electron chi connectivity index (χ3n) is 3.50. The molecule has 28 heavy (non-hydrogen) atoms. The molecule has 0 aliphatic rings. The molecule has 3 aromatic rings. The minimum Gasteiger partial charge on any atom is -0.507 e. The van der Waals surface area contributed by atoms with Crippen LogP contribution in [0.15, 0.2) is 60.7 Å². The minimum absolute atomic E-state index is 0.0584. The summed E-state index contributed by atoms with van der Waals surface area (Å²) < 4.78 is 8.88. The predicted octanol–water partition coefficient (Wildman–Crippen LogP) is 2.57. The fraction of sp³-hybridized carbons (Fsp3) is 0. The summed E-state index contributed by atoms with van der Waals surface area (Å²) in [5.41, 5.74) is 0.0790. The first-order valence-electron chi connectivity index (χ1n) is 7.70. The number of phenols is 1. The van der Waals surface area contributed by atoms with Gasteiger partial charge < -0.3 is 30.2 Å². The number of aromatic hydroxyl groups is 1. The molecule has 0 aliphatic heterocycles. The topological polar surface area (TPSA) is 164 Å². The second kappa shape index (κ2) is 8.64. The van der Waals surface area contributed by atoms with Gasteiger partial charge in [-0.25, -0.2) is 9.36 Å². The van der Waals surface area contributed by atoms with E-state index in [1.54, 1.807) is 48.5 Å². The summed E-state index contributed by atoms with van der Waals surface area (Å²) in [6.07, 6.45) is 0. The van der Waals surface area contributed by atoms with Gasteiger partial charge in [0, 0.05) is 5.69 Å². The van der Waals surface area contributed by atoms with Gasteiger partial charge in [-0.3, -0.25) is 4.79 Å². The number of benzene rings is 3. The molecular weight excluding hydrogens is 389 g/mol. The number of nitrogens with one attached hydrogen (secondary N) is 1. The van der Waals surface area contributed by atoms with Crippen molar-refractivity contribution in [2.75, 3.05) is 5.32 Å². The zero-order chi connectivity index (χ0) is 20.9. The van der Waals surface area contributed by atoms with Crippen molar-refractivity contribution in [2.24, 2.45) is 0 Å². The standard InChI is InChI=1S/C18H13NO4.H3O4P/c20-14-10-11-6-4-5-9-13(11)15(16(14)18(22)23)17(21)19-12-7-2-1-3-8-12;1-5(2,3)4/h1-10,20H,(H,19,21)(H,22,23);(H3,1,2,3,4). The van der Waals surface area contributed by atoms with Crippen molar-refractivity contribution in [1.29, 1.82) is 0 Å². The average Bonchev–Trinajstić information content (AvgIpc) is 2.59. The first-order valence-corrected chi connectivity index (χ1v) is 9.27. The summed E-state index contributed by atoms with van der Waals surface area (Å²) >= 11 is 0. The van der Waals surface area contributed by atoms with E-state index in [1.807, 2.05) is 6.07 Å². The molecule has 3 rings (SSSR count). The molecule has 0 radical (unpaired) electrons. The maximum atomic E-state index is 12.6. The van der Waals surface area contributed by atoms with Gasteiger partial charge in [0.2, 0.25) is 0 Å². The lowest BCUT2D eigenvalue weighted by atomic mass is 9.97. The molecule has 0 aliphatic carbocycles. The molecule has 0 fully saturated rings. The fourth-order valence-electron chi connectivity index (χ4n) is 2.50. The number of carboxylic acid groups (broad SMARTS) is 1. The Bertz CT molecular complexity index is 1050. The van der Waals surface area contributed by atoms with E-state index in [2.05, 4.69) is 5.32 Å². The number of hydrogen-bond donors (Lipinski definition) is 6. The summed E-state index contributed by atoms with van der Waals surface area (Å²) in [5, 5.41) is 23.1. The first-order chi connectivity index (χ1) is 13.1. The van der Waals surface area contributed by atoms with Crippen molar-refractivity contribution in [3.8, 4) is 5.75 Å². The van der Waals surface area contributed by atoms with Gasteiger partial charge in [0.25, 0.3) is 5.91 Å². The molecule has 6 N–H and O–H groups in total. The van der Waals surface area contributed by atoms with Crippen LogP contribution in [0.3, 0.4) is 0 Å². The number of carbonyl (C=O) groups excluding carboxylic acids is 1. The van der Waals surface area contributed by atoms with Crippen molar-refractivity contribution in [3.05, 3.63) is 71.8 Å². The lowest BCUT2D eigenvalue weighted by Gasteiger charge is -2.12. The van der Waals surface area contributed by atoms with Crippen LogP contribution in [-0.2, 0) is 4.57 Å². The van der Waals surface area contributed by atoms with Crippen molar-refractivity contribution < 1.29 is 39.0 Å². The zero-order valence-electron chi connectivity index (χ0n) is 14.2. The number of phosphoric acid groups is 1. The van der Waals surface area contributed by atoms with E-state index in [9.17, 15) is 19.8 Å². The molecule has 0 saturated heterocycles. The Kier molecular flexibility index (Phi) is 6.50. The van der Waals surface area contributed by atoms with E-state index in [1.165, 1.54) is 6.07 Å². The summed E-state index contributed by atoms with van der Waals surface area (Å²) in [6.45, 7) is 0. The summed E-state index contributed by atoms with van der Waals surface area (Å²) in [7, 11) is -4.64. The summed E-state index contributed by atoms with van der Waals surface area (Å²) in [6, 6.07) is 16.9. The van der Waals surface area contributed by atoms with Gasteiger partial charge in [0.05, 0.1) is 5.56 Å². The molecule has 0 spiro atoms. The molecule has 0 bridgehead atoms. The van der Waals surface area contributed by atoms with Crippen LogP contribution in [0.2, 0.25) is 0 Å². The number of hydrogen-bond acceptors (Lipinski definition) is 4. The Morgan fingerprint density at radius 1 is 0.857 bits per heavy atom. The number of aromatic carboxylic acids is 1. The number of para-hydroxylation sites is 1. The highest BCUT2D eigenvalue weighted by atomic mass is 31.2. The normalized spacial score (nSPS) is 10.7. The smallest absolute Gasteiger partial charge is 0.466 e. The molecular formula is C18H16NO8P. The van der Waals surface area contributed by atoms with Crippen LogP contribution in [0.4, 0.5) is 5.69 Å². The van der Waals surface area contributed by atoms with Crippen LogP contribution >= 0.6 is 7.82 Å². The van der Waals surface area contributed by atoms with Gasteiger partial charge in [0.1, 0.15) is 11.3 Å². The van der Waals surface area contributed by atoms with Crippen molar-refractivity contribution in [2.45, 2.75) is 0 Å². The van der Waals surface area contributed by atoms with Crippen LogP contribution in [0.5, 0.6) is 5.75 Å². The molecule has 146 valence electrons. The molecule has 3 aromatic carbocycles. The Labute approximate surface area is 158 Å². The van der Waals surface area contributed by atoms with Gasteiger partial charge in [-0.05, 0) is 29.0 Å². The minimum atomic E-state index is -4.64. The zero-order valence-corrected chi connectivity index (χ0v) is 15.1. The monoisotopic (exact) mass is 405 g/mol. The highest BCUT2D eigenvalue weighted by Crippen LogP contribution is 2.31. The second-order valence-electron chi connectivity index (χ2n) is 5.51. The number of carbonyl (C=O) groups is 2. The van der Waals surface area contributed by atoms with Crippen LogP contribution in [0.25, 0.3) is 10.8 Å². The SMILES string of the molecule is O=C(O)c1c(O)cc2ccccc2c1C(=O)Nc1ccccc1.O=P(O)(O)O. The first kappa shape index (κ1) is 21.1. The van der Waals surface area contributed by atoms with E-state index in [0.29, 0.717) is 16.5 Å². The van der Waals surface area contributed by atoms with Crippen LogP contribution in [0, 0.1) is 0 Å². The van der Waals surface area contributed by atoms with Crippen LogP contribution in [-0.4, -0.2) is 36.8 Å². The average molecular weight is 405 g/mol. The molecule has 1 amide bonds. The lowest BCUT2D eigenvalue weighted by Crippen LogP contribution is -2.17. The van der Waals surface area contributed by atoms with E-state index in [-0.39, 0.29) is 5.56 Å². The molecule has 0 unspecified atom stereocenters. The predicted molar refractivity (Wildman–Crippen MR) is 101 cm³/mol. The van der Waals surface area contributed by atoms with Gasteiger partial charge in [-0.1, -0.05) is 42.5 Å². The summed E-state index contributed by atoms with van der Waals surface area (Å²) in [4.78, 5) is 45.7. The summed E-state index contributed by atoms with van der Waals surface area (Å²) in [5.74, 6) is -2.37. The third-order valence-corrected chi connectivity index (χ3v) is 3.50. The van der Waals surface area contributed by atoms with Gasteiger partial charge in [0.15, 0.2) is 0 Å². The van der Waals surface area contributed by atoms with Crippen LogP contribution < -0.4 is 5.32 Å². The third kappa shape index (κ3) is 5.63. The number of anilines is 1. The highest BCUT2D eigenvalue weighted by molar-refractivity contribution is 7.45. The van der Waals surface area contributed by atoms with Crippen LogP contribution in [0.1, 0.15) is 20.7 Å². The van der Waals surface area contributed by atoms with E-state index >= 15 is 0 Å². The number of rotatable bonds is 3. The van der Waals surface area contributed by atoms with Crippen molar-refractivity contribution in [1.82, 2.24) is 0 Å². The Balaban J connectivity index is 0.000000500.